The van der Waals surface area contributed by atoms with E-state index in [1.807, 2.05) is 0 Å². The van der Waals surface area contributed by atoms with Gasteiger partial charge >= 0.3 is 36.1 Å². The Kier molecular flexibility index (Phi) is 9.66. The average molecular weight is 453 g/mol. The summed E-state index contributed by atoms with van der Waals surface area (Å²) < 4.78 is 131. The first kappa shape index (κ1) is 27.2. The Morgan fingerprint density at radius 3 is 1.31 bits per heavy atom. The van der Waals surface area contributed by atoms with Crippen LogP contribution in [0, 0.1) is 0 Å². The molecule has 0 spiro atoms. The first-order chi connectivity index (χ1) is 13.0. The molecule has 0 rings (SSSR count). The number of hydrogen-bond donors (Lipinski definition) is 0. The highest BCUT2D eigenvalue weighted by molar-refractivity contribution is 5.79. The van der Waals surface area contributed by atoms with Crippen LogP contribution in [-0.4, -0.2) is 73.9 Å². The van der Waals surface area contributed by atoms with Crippen LogP contribution in [0.3, 0.4) is 0 Å². The highest BCUT2D eigenvalue weighted by Gasteiger charge is 2.65. The van der Waals surface area contributed by atoms with Crippen molar-refractivity contribution in [3.8, 4) is 0 Å². The quantitative estimate of drug-likeness (QED) is 0.354. The molecule has 0 radical (unpaired) electrons. The predicted octanol–water partition coefficient (Wildman–Crippen LogP) is 3.57. The average Bonchev–Trinajstić information content (AvgIpc) is 2.56. The molecular weight excluding hydrogens is 436 g/mol. The van der Waals surface area contributed by atoms with Gasteiger partial charge in [0.2, 0.25) is 0 Å². The lowest BCUT2D eigenvalue weighted by atomic mass is 10.3. The van der Waals surface area contributed by atoms with Crippen LogP contribution < -0.4 is 0 Å². The lowest BCUT2D eigenvalue weighted by molar-refractivity contribution is -0.280. The zero-order chi connectivity index (χ0) is 23.1. The summed E-state index contributed by atoms with van der Waals surface area (Å²) in [5.74, 6) is -17.2. The smallest absolute Gasteiger partial charge is 0.460 e. The molecule has 0 N–H and O–H groups in total. The van der Waals surface area contributed by atoms with Crippen molar-refractivity contribution in [1.29, 1.82) is 0 Å². The van der Waals surface area contributed by atoms with E-state index < -0.39 is 62.4 Å². The molecule has 5 nitrogen and oxygen atoms in total. The summed E-state index contributed by atoms with van der Waals surface area (Å²) >= 11 is 0. The third kappa shape index (κ3) is 7.85. The van der Waals surface area contributed by atoms with E-state index in [9.17, 15) is 53.5 Å². The van der Waals surface area contributed by atoms with Crippen molar-refractivity contribution in [2.24, 2.45) is 0 Å². The Bertz CT molecular complexity index is 503. The fourth-order valence-electron chi connectivity index (χ4n) is 1.66. The van der Waals surface area contributed by atoms with Gasteiger partial charge in [0.05, 0.1) is 0 Å². The molecule has 0 aromatic carbocycles. The van der Waals surface area contributed by atoms with Gasteiger partial charge in [0.1, 0.15) is 13.2 Å². The van der Waals surface area contributed by atoms with E-state index in [1.165, 1.54) is 0 Å². The number of hydrogen-bond acceptors (Lipinski definition) is 5. The number of esters is 2. The van der Waals surface area contributed by atoms with Crippen LogP contribution >= 0.6 is 0 Å². The summed E-state index contributed by atoms with van der Waals surface area (Å²) in [6.45, 7) is -1.07. The van der Waals surface area contributed by atoms with Gasteiger partial charge in [0.25, 0.3) is 0 Å². The zero-order valence-electron chi connectivity index (χ0n) is 14.8. The van der Waals surface area contributed by atoms with Gasteiger partial charge in [0, 0.05) is 13.1 Å². The fourth-order valence-corrected chi connectivity index (χ4v) is 1.66. The summed E-state index contributed by atoms with van der Waals surface area (Å²) in [6, 6.07) is 0. The van der Waals surface area contributed by atoms with Crippen molar-refractivity contribution in [3.05, 3.63) is 0 Å². The van der Waals surface area contributed by atoms with Crippen LogP contribution in [0.4, 0.5) is 43.9 Å². The number of carbonyl (C=O) groups is 2. The molecule has 0 amide bonds. The van der Waals surface area contributed by atoms with Crippen molar-refractivity contribution in [2.75, 3.05) is 32.8 Å². The van der Waals surface area contributed by atoms with Gasteiger partial charge < -0.3 is 9.47 Å². The second-order valence-electron chi connectivity index (χ2n) is 5.61. The fraction of sp³-hybridized carbons (Fsp3) is 0.857. The van der Waals surface area contributed by atoms with Crippen molar-refractivity contribution >= 4 is 11.9 Å². The van der Waals surface area contributed by atoms with E-state index >= 15 is 0 Å². The number of unbranched alkanes of at least 4 members (excludes halogenated alkanes) is 1. The lowest BCUT2D eigenvalue weighted by Gasteiger charge is -2.24. The van der Waals surface area contributed by atoms with Crippen LogP contribution in [-0.2, 0) is 19.1 Å². The molecular formula is C14H17F10NO4. The van der Waals surface area contributed by atoms with Crippen LogP contribution in [0.15, 0.2) is 0 Å². The summed E-state index contributed by atoms with van der Waals surface area (Å²) in [5, 5.41) is 0. The first-order valence-electron chi connectivity index (χ1n) is 7.94. The second kappa shape index (κ2) is 10.3. The topological polar surface area (TPSA) is 55.8 Å². The normalized spacial score (nSPS) is 13.5. The predicted molar refractivity (Wildman–Crippen MR) is 75.3 cm³/mol. The van der Waals surface area contributed by atoms with Crippen molar-refractivity contribution in [2.45, 2.75) is 44.0 Å². The molecule has 0 saturated heterocycles. The van der Waals surface area contributed by atoms with E-state index in [0.717, 1.165) is 4.90 Å². The van der Waals surface area contributed by atoms with Gasteiger partial charge in [0.15, 0.2) is 0 Å². The highest BCUT2D eigenvalue weighted by Crippen LogP contribution is 2.37. The number of nitrogens with zero attached hydrogens (tertiary/aromatic N) is 1. The Hall–Kier alpha value is -1.80. The van der Waals surface area contributed by atoms with Crippen LogP contribution in [0.1, 0.15) is 19.8 Å². The standard InChI is InChI=1S/C14H17F10NO4/c1-2-3-4-25(5-7-28-9(26)11(15,16)13(19,20)21)6-8-29-10(27)12(17,18)14(22,23)24/h2-8H2,1H3. The number of alkyl halides is 10. The zero-order valence-corrected chi connectivity index (χ0v) is 14.8. The van der Waals surface area contributed by atoms with E-state index in [2.05, 4.69) is 9.47 Å². The minimum absolute atomic E-state index is 0.0803. The molecule has 0 saturated carbocycles. The molecule has 0 aliphatic rings. The van der Waals surface area contributed by atoms with Gasteiger partial charge in [-0.25, -0.2) is 9.59 Å². The maximum Gasteiger partial charge on any atom is 0.465 e. The molecule has 0 heterocycles. The second-order valence-corrected chi connectivity index (χ2v) is 5.61. The maximum absolute atomic E-state index is 12.7. The number of ether oxygens (including phenoxy) is 2. The Balaban J connectivity index is 4.65. The summed E-state index contributed by atoms with van der Waals surface area (Å²) in [6.07, 6.45) is -11.4. The third-order valence-electron chi connectivity index (χ3n) is 3.33. The molecule has 15 heteroatoms. The monoisotopic (exact) mass is 453 g/mol. The number of halogens is 10. The van der Waals surface area contributed by atoms with Gasteiger partial charge in [-0.2, -0.15) is 43.9 Å². The summed E-state index contributed by atoms with van der Waals surface area (Å²) in [7, 11) is 0. The molecule has 172 valence electrons. The Labute approximate surface area is 157 Å². The van der Waals surface area contributed by atoms with E-state index in [0.29, 0.717) is 12.8 Å². The summed E-state index contributed by atoms with van der Waals surface area (Å²) in [5.41, 5.74) is 0. The van der Waals surface area contributed by atoms with Crippen molar-refractivity contribution < 1.29 is 63.0 Å². The van der Waals surface area contributed by atoms with E-state index in [1.54, 1.807) is 6.92 Å². The highest BCUT2D eigenvalue weighted by atomic mass is 19.4. The third-order valence-corrected chi connectivity index (χ3v) is 3.33. The molecule has 0 unspecified atom stereocenters. The molecule has 0 aromatic rings. The lowest BCUT2D eigenvalue weighted by Crippen LogP contribution is -2.46. The first-order valence-corrected chi connectivity index (χ1v) is 7.94. The summed E-state index contributed by atoms with van der Waals surface area (Å²) in [4.78, 5) is 22.8. The molecule has 29 heavy (non-hydrogen) atoms. The SMILES string of the molecule is CCCCN(CCOC(=O)C(F)(F)C(F)(F)F)CCOC(=O)C(F)(F)C(F)(F)F. The Morgan fingerprint density at radius 1 is 0.690 bits per heavy atom. The number of carbonyl (C=O) groups excluding carboxylic acids is 2. The largest absolute Gasteiger partial charge is 0.465 e. The van der Waals surface area contributed by atoms with E-state index in [-0.39, 0.29) is 6.54 Å². The van der Waals surface area contributed by atoms with Gasteiger partial charge in [-0.1, -0.05) is 13.3 Å². The molecule has 0 aromatic heterocycles. The van der Waals surface area contributed by atoms with Gasteiger partial charge in [-0.15, -0.1) is 0 Å². The van der Waals surface area contributed by atoms with Gasteiger partial charge in [-0.3, -0.25) is 4.90 Å². The molecule has 0 aliphatic carbocycles. The molecule has 0 atom stereocenters. The minimum Gasteiger partial charge on any atom is -0.460 e. The minimum atomic E-state index is -6.16. The number of rotatable bonds is 11. The Morgan fingerprint density at radius 2 is 1.03 bits per heavy atom. The van der Waals surface area contributed by atoms with Crippen LogP contribution in [0.5, 0.6) is 0 Å². The van der Waals surface area contributed by atoms with Crippen LogP contribution in [0.25, 0.3) is 0 Å². The van der Waals surface area contributed by atoms with Crippen molar-refractivity contribution in [3.63, 3.8) is 0 Å². The molecule has 0 bridgehead atoms. The van der Waals surface area contributed by atoms with Crippen molar-refractivity contribution in [1.82, 2.24) is 4.90 Å². The van der Waals surface area contributed by atoms with Gasteiger partial charge in [-0.05, 0) is 13.0 Å². The van der Waals surface area contributed by atoms with E-state index in [4.69, 9.17) is 0 Å². The van der Waals surface area contributed by atoms with Crippen LogP contribution in [0.2, 0.25) is 0 Å². The molecule has 0 fully saturated rings. The maximum atomic E-state index is 12.7. The molecule has 0 aliphatic heterocycles.